The van der Waals surface area contributed by atoms with Gasteiger partial charge in [0.25, 0.3) is 0 Å². The summed E-state index contributed by atoms with van der Waals surface area (Å²) in [4.78, 5) is 12.3. The maximum atomic E-state index is 12.3. The van der Waals surface area contributed by atoms with Gasteiger partial charge in [0.15, 0.2) is 5.78 Å². The normalized spacial score (nSPS) is 49.2. The van der Waals surface area contributed by atoms with E-state index in [-0.39, 0.29) is 11.2 Å². The third kappa shape index (κ3) is 2.02. The van der Waals surface area contributed by atoms with E-state index in [9.17, 15) is 10.1 Å². The molecule has 3 fully saturated rings. The lowest BCUT2D eigenvalue weighted by Crippen LogP contribution is -2.51. The molecular formula is C20H26ClNO. The van der Waals surface area contributed by atoms with Crippen molar-refractivity contribution in [2.75, 3.05) is 0 Å². The van der Waals surface area contributed by atoms with E-state index in [1.165, 1.54) is 44.1 Å². The van der Waals surface area contributed by atoms with Gasteiger partial charge in [-0.2, -0.15) is 5.26 Å². The summed E-state index contributed by atoms with van der Waals surface area (Å²) in [6.07, 6.45) is 9.55. The van der Waals surface area contributed by atoms with Crippen molar-refractivity contribution in [3.8, 4) is 6.07 Å². The minimum Gasteiger partial charge on any atom is -0.292 e. The molecule has 0 aromatic rings. The Balaban J connectivity index is 1.75. The first-order chi connectivity index (χ1) is 10.9. The lowest BCUT2D eigenvalue weighted by Gasteiger charge is -2.58. The van der Waals surface area contributed by atoms with Crippen molar-refractivity contribution in [1.29, 1.82) is 5.26 Å². The highest BCUT2D eigenvalue weighted by molar-refractivity contribution is 6.43. The van der Waals surface area contributed by atoms with E-state index < -0.39 is 5.92 Å². The monoisotopic (exact) mass is 331 g/mol. The summed E-state index contributed by atoms with van der Waals surface area (Å²) in [5.41, 5.74) is 1.69. The van der Waals surface area contributed by atoms with Crippen molar-refractivity contribution in [1.82, 2.24) is 0 Å². The summed E-state index contributed by atoms with van der Waals surface area (Å²) in [5.74, 6) is 1.56. The van der Waals surface area contributed by atoms with Gasteiger partial charge < -0.3 is 0 Å². The maximum Gasteiger partial charge on any atom is 0.191 e. The van der Waals surface area contributed by atoms with E-state index in [2.05, 4.69) is 19.9 Å². The molecule has 1 unspecified atom stereocenters. The molecule has 4 rings (SSSR count). The number of halogens is 1. The molecule has 0 amide bonds. The molecule has 0 aliphatic heterocycles. The number of hydrogen-bond donors (Lipinski definition) is 0. The molecule has 2 nitrogen and oxygen atoms in total. The zero-order valence-electron chi connectivity index (χ0n) is 14.2. The largest absolute Gasteiger partial charge is 0.292 e. The molecule has 3 heteroatoms. The van der Waals surface area contributed by atoms with Crippen molar-refractivity contribution < 1.29 is 4.79 Å². The minimum absolute atomic E-state index is 0.0295. The average Bonchev–Trinajstić information content (AvgIpc) is 2.92. The van der Waals surface area contributed by atoms with Crippen LogP contribution in [0, 0.1) is 45.8 Å². The van der Waals surface area contributed by atoms with Crippen LogP contribution < -0.4 is 0 Å². The number of nitrogens with zero attached hydrogens (tertiary/aromatic N) is 1. The van der Waals surface area contributed by atoms with Crippen LogP contribution in [0.25, 0.3) is 0 Å². The number of allylic oxidation sites excluding steroid dienone is 1. The maximum absolute atomic E-state index is 12.3. The van der Waals surface area contributed by atoms with Crippen molar-refractivity contribution in [3.63, 3.8) is 0 Å². The number of rotatable bonds is 0. The predicted octanol–water partition coefficient (Wildman–Crippen LogP) is 5.22. The van der Waals surface area contributed by atoms with Gasteiger partial charge in [-0.3, -0.25) is 4.79 Å². The molecule has 23 heavy (non-hydrogen) atoms. The van der Waals surface area contributed by atoms with Crippen LogP contribution in [0.4, 0.5) is 0 Å². The predicted molar refractivity (Wildman–Crippen MR) is 90.6 cm³/mol. The summed E-state index contributed by atoms with van der Waals surface area (Å²) in [6.45, 7) is 4.81. The summed E-state index contributed by atoms with van der Waals surface area (Å²) in [5, 5.41) is 9.83. The lowest BCUT2D eigenvalue weighted by molar-refractivity contribution is -0.120. The second kappa shape index (κ2) is 5.09. The van der Waals surface area contributed by atoms with E-state index in [1.807, 2.05) is 0 Å². The molecule has 6 atom stereocenters. The average molecular weight is 332 g/mol. The van der Waals surface area contributed by atoms with Crippen molar-refractivity contribution >= 4 is 17.4 Å². The Kier molecular flexibility index (Phi) is 3.48. The summed E-state index contributed by atoms with van der Waals surface area (Å²) < 4.78 is 0. The van der Waals surface area contributed by atoms with Crippen molar-refractivity contribution in [2.45, 2.75) is 65.2 Å². The first-order valence-electron chi connectivity index (χ1n) is 9.24. The Labute approximate surface area is 144 Å². The van der Waals surface area contributed by atoms with Gasteiger partial charge in [0.05, 0.1) is 11.1 Å². The van der Waals surface area contributed by atoms with Crippen LogP contribution >= 0.6 is 11.6 Å². The van der Waals surface area contributed by atoms with Gasteiger partial charge in [-0.15, -0.1) is 0 Å². The molecule has 0 N–H and O–H groups in total. The SMILES string of the molecule is C[C@@]12CCC[C@H]1[C@@H]1CCC3=C(Cl)C(=O)C(C#N)C[C@]3(C)[C@@H]1CC2. The molecule has 0 saturated heterocycles. The highest BCUT2D eigenvalue weighted by Gasteiger charge is 2.58. The van der Waals surface area contributed by atoms with Gasteiger partial charge in [-0.1, -0.05) is 31.9 Å². The number of ketones is 1. The molecular weight excluding hydrogens is 306 g/mol. The fourth-order valence-corrected chi connectivity index (χ4v) is 7.29. The van der Waals surface area contributed by atoms with Crippen molar-refractivity contribution in [3.05, 3.63) is 10.6 Å². The number of carbonyl (C=O) groups is 1. The summed E-state index contributed by atoms with van der Waals surface area (Å²) >= 11 is 6.45. The minimum atomic E-state index is -0.535. The second-order valence-corrected chi connectivity index (χ2v) is 9.34. The smallest absolute Gasteiger partial charge is 0.191 e. The number of Topliss-reactive ketones (excluding diaryl/α,β-unsaturated/α-hetero) is 1. The van der Waals surface area contributed by atoms with Crippen LogP contribution in [-0.2, 0) is 4.79 Å². The quantitative estimate of drug-likeness (QED) is 0.610. The molecule has 0 spiro atoms. The Morgan fingerprint density at radius 3 is 2.70 bits per heavy atom. The highest BCUT2D eigenvalue weighted by atomic mass is 35.5. The molecule has 124 valence electrons. The van der Waals surface area contributed by atoms with Gasteiger partial charge in [-0.05, 0) is 79.1 Å². The van der Waals surface area contributed by atoms with Gasteiger partial charge >= 0.3 is 0 Å². The van der Waals surface area contributed by atoms with Crippen LogP contribution in [0.3, 0.4) is 0 Å². The van der Waals surface area contributed by atoms with E-state index in [1.54, 1.807) is 0 Å². The van der Waals surface area contributed by atoms with Crippen LogP contribution in [0.1, 0.15) is 65.2 Å². The van der Waals surface area contributed by atoms with Crippen molar-refractivity contribution in [2.24, 2.45) is 34.5 Å². The highest BCUT2D eigenvalue weighted by Crippen LogP contribution is 2.66. The number of hydrogen-bond acceptors (Lipinski definition) is 2. The van der Waals surface area contributed by atoms with E-state index in [0.717, 1.165) is 18.3 Å². The van der Waals surface area contributed by atoms with Gasteiger partial charge in [-0.25, -0.2) is 0 Å². The fraction of sp³-hybridized carbons (Fsp3) is 0.800. The molecule has 4 aliphatic rings. The van der Waals surface area contributed by atoms with E-state index >= 15 is 0 Å². The van der Waals surface area contributed by atoms with Crippen LogP contribution in [0.5, 0.6) is 0 Å². The fourth-order valence-electron chi connectivity index (χ4n) is 6.85. The number of fused-ring (bicyclic) bond motifs is 5. The van der Waals surface area contributed by atoms with E-state index in [4.69, 9.17) is 11.6 Å². The topological polar surface area (TPSA) is 40.9 Å². The number of nitriles is 1. The third-order valence-corrected chi connectivity index (χ3v) is 8.45. The van der Waals surface area contributed by atoms with Crippen LogP contribution in [0.2, 0.25) is 0 Å². The first kappa shape index (κ1) is 15.7. The Hall–Kier alpha value is -0.810. The van der Waals surface area contributed by atoms with Gasteiger partial charge in [0.2, 0.25) is 0 Å². The zero-order valence-corrected chi connectivity index (χ0v) is 15.0. The molecule has 0 bridgehead atoms. The van der Waals surface area contributed by atoms with Crippen LogP contribution in [0.15, 0.2) is 10.6 Å². The lowest BCUT2D eigenvalue weighted by atomic mass is 9.47. The Morgan fingerprint density at radius 1 is 1.17 bits per heavy atom. The first-order valence-corrected chi connectivity index (χ1v) is 9.61. The van der Waals surface area contributed by atoms with Crippen LogP contribution in [-0.4, -0.2) is 5.78 Å². The number of carbonyl (C=O) groups excluding carboxylic acids is 1. The third-order valence-electron chi connectivity index (χ3n) is 8.04. The Bertz CT molecular complexity index is 632. The van der Waals surface area contributed by atoms with Gasteiger partial charge in [0.1, 0.15) is 5.92 Å². The molecule has 0 aromatic heterocycles. The zero-order chi connectivity index (χ0) is 16.4. The molecule has 0 heterocycles. The summed E-state index contributed by atoms with van der Waals surface area (Å²) in [7, 11) is 0. The summed E-state index contributed by atoms with van der Waals surface area (Å²) in [6, 6.07) is 2.22. The molecule has 0 aromatic carbocycles. The van der Waals surface area contributed by atoms with E-state index in [0.29, 0.717) is 22.8 Å². The standard InChI is InChI=1S/C20H26ClNO/c1-19-8-3-4-14(19)13-5-6-16-17(21)18(23)12(11-22)10-20(16,2)15(13)7-9-19/h12-15H,3-10H2,1-2H3/t12?,13-,14-,15+,19-,20+/m0/s1. The Morgan fingerprint density at radius 2 is 1.96 bits per heavy atom. The van der Waals surface area contributed by atoms with Gasteiger partial charge in [0, 0.05) is 0 Å². The molecule has 0 radical (unpaired) electrons. The molecule has 4 aliphatic carbocycles. The molecule has 3 saturated carbocycles. The second-order valence-electron chi connectivity index (χ2n) is 8.96.